The van der Waals surface area contributed by atoms with E-state index in [1.54, 1.807) is 6.07 Å². The van der Waals surface area contributed by atoms with Gasteiger partial charge in [-0.25, -0.2) is 4.98 Å². The van der Waals surface area contributed by atoms with Crippen LogP contribution in [0.15, 0.2) is 16.7 Å². The van der Waals surface area contributed by atoms with E-state index in [-0.39, 0.29) is 11.8 Å². The lowest BCUT2D eigenvalue weighted by atomic mass is 9.82. The molecule has 2 rings (SSSR count). The fourth-order valence-corrected chi connectivity index (χ4v) is 2.77. The van der Waals surface area contributed by atoms with Crippen LogP contribution in [-0.4, -0.2) is 36.2 Å². The predicted molar refractivity (Wildman–Crippen MR) is 71.2 cm³/mol. The first-order chi connectivity index (χ1) is 9.13. The SMILES string of the molecule is CCOC(O)C1COCCC1c1cc(Br)cnc1F. The minimum atomic E-state index is -0.950. The molecule has 1 aliphatic rings. The van der Waals surface area contributed by atoms with Crippen LogP contribution >= 0.6 is 15.9 Å². The van der Waals surface area contributed by atoms with E-state index in [0.717, 1.165) is 4.47 Å². The van der Waals surface area contributed by atoms with E-state index >= 15 is 0 Å². The minimum absolute atomic E-state index is 0.153. The lowest BCUT2D eigenvalue weighted by Gasteiger charge is -2.34. The van der Waals surface area contributed by atoms with Crippen LogP contribution in [0.25, 0.3) is 0 Å². The summed E-state index contributed by atoms with van der Waals surface area (Å²) in [6, 6.07) is 1.71. The van der Waals surface area contributed by atoms with Crippen molar-refractivity contribution in [3.05, 3.63) is 28.2 Å². The fourth-order valence-electron chi connectivity index (χ4n) is 2.42. The van der Waals surface area contributed by atoms with Gasteiger partial charge in [0.25, 0.3) is 0 Å². The molecule has 1 saturated heterocycles. The van der Waals surface area contributed by atoms with Crippen LogP contribution in [0.2, 0.25) is 0 Å². The van der Waals surface area contributed by atoms with Gasteiger partial charge in [-0.05, 0) is 35.3 Å². The highest BCUT2D eigenvalue weighted by Crippen LogP contribution is 2.36. The highest BCUT2D eigenvalue weighted by Gasteiger charge is 2.35. The second-order valence-electron chi connectivity index (χ2n) is 4.51. The zero-order valence-corrected chi connectivity index (χ0v) is 12.3. The van der Waals surface area contributed by atoms with Crippen LogP contribution in [0.4, 0.5) is 4.39 Å². The molecule has 1 N–H and O–H groups in total. The molecule has 0 aromatic carbocycles. The van der Waals surface area contributed by atoms with Gasteiger partial charge in [0.1, 0.15) is 0 Å². The van der Waals surface area contributed by atoms with Crippen LogP contribution in [0.5, 0.6) is 0 Å². The molecule has 1 aliphatic heterocycles. The van der Waals surface area contributed by atoms with Crippen LogP contribution in [0.1, 0.15) is 24.8 Å². The molecule has 6 heteroatoms. The summed E-state index contributed by atoms with van der Waals surface area (Å²) in [5, 5.41) is 10.0. The molecule has 0 aliphatic carbocycles. The largest absolute Gasteiger partial charge is 0.381 e. The van der Waals surface area contributed by atoms with Crippen LogP contribution < -0.4 is 0 Å². The summed E-state index contributed by atoms with van der Waals surface area (Å²) in [6.45, 7) is 3.12. The van der Waals surface area contributed by atoms with E-state index < -0.39 is 12.2 Å². The Labute approximate surface area is 120 Å². The number of aromatic nitrogens is 1. The van der Waals surface area contributed by atoms with Gasteiger partial charge in [-0.15, -0.1) is 0 Å². The summed E-state index contributed by atoms with van der Waals surface area (Å²) < 4.78 is 25.2. The maximum absolute atomic E-state index is 13.9. The summed E-state index contributed by atoms with van der Waals surface area (Å²) >= 11 is 3.30. The Hall–Kier alpha value is -0.560. The summed E-state index contributed by atoms with van der Waals surface area (Å²) in [6.07, 6.45) is 1.12. The van der Waals surface area contributed by atoms with Crippen molar-refractivity contribution in [3.8, 4) is 0 Å². The topological polar surface area (TPSA) is 51.6 Å². The number of aliphatic hydroxyl groups excluding tert-OH is 1. The number of halogens is 2. The Bertz CT molecular complexity index is 432. The molecule has 0 spiro atoms. The fraction of sp³-hybridized carbons (Fsp3) is 0.615. The second kappa shape index (κ2) is 6.74. The van der Waals surface area contributed by atoms with Crippen molar-refractivity contribution >= 4 is 15.9 Å². The third-order valence-electron chi connectivity index (χ3n) is 3.34. The quantitative estimate of drug-likeness (QED) is 0.679. The van der Waals surface area contributed by atoms with Gasteiger partial charge in [0.15, 0.2) is 6.29 Å². The number of ether oxygens (including phenoxy) is 2. The van der Waals surface area contributed by atoms with Crippen LogP contribution in [-0.2, 0) is 9.47 Å². The molecular formula is C13H17BrFNO3. The van der Waals surface area contributed by atoms with Gasteiger partial charge in [0.2, 0.25) is 5.95 Å². The van der Waals surface area contributed by atoms with E-state index in [1.807, 2.05) is 6.92 Å². The summed E-state index contributed by atoms with van der Waals surface area (Å²) in [5.41, 5.74) is 0.501. The Kier molecular flexibility index (Phi) is 5.27. The average molecular weight is 334 g/mol. The molecule has 0 bridgehead atoms. The predicted octanol–water partition coefficient (Wildman–Crippen LogP) is 2.46. The van der Waals surface area contributed by atoms with Crippen molar-refractivity contribution in [2.45, 2.75) is 25.6 Å². The summed E-state index contributed by atoms with van der Waals surface area (Å²) in [5.74, 6) is -0.927. The molecule has 0 saturated carbocycles. The van der Waals surface area contributed by atoms with Crippen molar-refractivity contribution in [1.82, 2.24) is 4.98 Å². The zero-order chi connectivity index (χ0) is 13.8. The lowest BCUT2D eigenvalue weighted by molar-refractivity contribution is -0.162. The van der Waals surface area contributed by atoms with Gasteiger partial charge >= 0.3 is 0 Å². The van der Waals surface area contributed by atoms with E-state index in [9.17, 15) is 9.50 Å². The highest BCUT2D eigenvalue weighted by atomic mass is 79.9. The van der Waals surface area contributed by atoms with E-state index in [0.29, 0.717) is 31.8 Å². The van der Waals surface area contributed by atoms with E-state index in [1.165, 1.54) is 6.20 Å². The number of aliphatic hydroxyl groups is 1. The monoisotopic (exact) mass is 333 g/mol. The molecular weight excluding hydrogens is 317 g/mol. The van der Waals surface area contributed by atoms with Gasteiger partial charge in [-0.1, -0.05) is 0 Å². The van der Waals surface area contributed by atoms with Crippen molar-refractivity contribution < 1.29 is 19.0 Å². The Balaban J connectivity index is 2.25. The number of hydrogen-bond donors (Lipinski definition) is 1. The normalized spacial score (nSPS) is 25.3. The molecule has 4 nitrogen and oxygen atoms in total. The van der Waals surface area contributed by atoms with Crippen molar-refractivity contribution in [3.63, 3.8) is 0 Å². The van der Waals surface area contributed by atoms with E-state index in [4.69, 9.17) is 9.47 Å². The molecule has 0 amide bonds. The highest BCUT2D eigenvalue weighted by molar-refractivity contribution is 9.10. The lowest BCUT2D eigenvalue weighted by Crippen LogP contribution is -2.37. The molecule has 3 atom stereocenters. The molecule has 19 heavy (non-hydrogen) atoms. The Morgan fingerprint density at radius 3 is 3.21 bits per heavy atom. The standard InChI is InChI=1S/C13H17BrFNO3/c1-2-19-13(17)11-7-18-4-3-9(11)10-5-8(14)6-16-12(10)15/h5-6,9,11,13,17H,2-4,7H2,1H3. The third kappa shape index (κ3) is 3.51. The summed E-state index contributed by atoms with van der Waals surface area (Å²) in [7, 11) is 0. The smallest absolute Gasteiger partial charge is 0.216 e. The van der Waals surface area contributed by atoms with Gasteiger partial charge < -0.3 is 14.6 Å². The first kappa shape index (κ1) is 14.8. The van der Waals surface area contributed by atoms with Crippen molar-refractivity contribution in [1.29, 1.82) is 0 Å². The van der Waals surface area contributed by atoms with Crippen molar-refractivity contribution in [2.75, 3.05) is 19.8 Å². The average Bonchev–Trinajstić information content (AvgIpc) is 2.42. The van der Waals surface area contributed by atoms with Gasteiger partial charge in [-0.2, -0.15) is 4.39 Å². The molecule has 106 valence electrons. The van der Waals surface area contributed by atoms with Gasteiger partial charge in [-0.3, -0.25) is 0 Å². The molecule has 0 radical (unpaired) electrons. The second-order valence-corrected chi connectivity index (χ2v) is 5.43. The molecule has 1 aromatic heterocycles. The Morgan fingerprint density at radius 1 is 1.68 bits per heavy atom. The molecule has 1 aromatic rings. The van der Waals surface area contributed by atoms with Gasteiger partial charge in [0.05, 0.1) is 6.61 Å². The number of rotatable bonds is 4. The zero-order valence-electron chi connectivity index (χ0n) is 10.7. The van der Waals surface area contributed by atoms with Crippen LogP contribution in [0.3, 0.4) is 0 Å². The number of pyridine rings is 1. The maximum Gasteiger partial charge on any atom is 0.216 e. The van der Waals surface area contributed by atoms with E-state index in [2.05, 4.69) is 20.9 Å². The molecule has 3 unspecified atom stereocenters. The summed E-state index contributed by atoms with van der Waals surface area (Å²) in [4.78, 5) is 3.72. The number of hydrogen-bond acceptors (Lipinski definition) is 4. The first-order valence-electron chi connectivity index (χ1n) is 6.31. The minimum Gasteiger partial charge on any atom is -0.381 e. The van der Waals surface area contributed by atoms with Crippen molar-refractivity contribution in [2.24, 2.45) is 5.92 Å². The van der Waals surface area contributed by atoms with Gasteiger partial charge in [0, 0.05) is 41.3 Å². The molecule has 2 heterocycles. The molecule has 1 fully saturated rings. The Morgan fingerprint density at radius 2 is 2.47 bits per heavy atom. The van der Waals surface area contributed by atoms with Crippen LogP contribution in [0, 0.1) is 11.9 Å². The first-order valence-corrected chi connectivity index (χ1v) is 7.11. The maximum atomic E-state index is 13.9. The number of nitrogens with zero attached hydrogens (tertiary/aromatic N) is 1. The third-order valence-corrected chi connectivity index (χ3v) is 3.77.